The molecule has 0 bridgehead atoms. The van der Waals surface area contributed by atoms with Crippen molar-refractivity contribution in [2.75, 3.05) is 0 Å². The van der Waals surface area contributed by atoms with Crippen LogP contribution >= 0.6 is 35.0 Å². The van der Waals surface area contributed by atoms with Gasteiger partial charge in [0.25, 0.3) is 0 Å². The predicted molar refractivity (Wildman–Crippen MR) is 135 cm³/mol. The monoisotopic (exact) mass is 493 g/mol. The molecule has 0 amide bonds. The summed E-state index contributed by atoms with van der Waals surface area (Å²) in [7, 11) is 0. The van der Waals surface area contributed by atoms with Gasteiger partial charge in [0.15, 0.2) is 5.16 Å². The maximum atomic E-state index is 12.1. The smallest absolute Gasteiger partial charge is 0.342 e. The average molecular weight is 494 g/mol. The Morgan fingerprint density at radius 1 is 1.09 bits per heavy atom. The Morgan fingerprint density at radius 3 is 2.67 bits per heavy atom. The van der Waals surface area contributed by atoms with Crippen LogP contribution < -0.4 is 0 Å². The number of nitrogens with one attached hydrogen (secondary N) is 1. The fourth-order valence-electron chi connectivity index (χ4n) is 3.71. The third kappa shape index (κ3) is 4.50. The lowest BCUT2D eigenvalue weighted by Crippen LogP contribution is -1.99. The molecule has 0 radical (unpaired) electrons. The molecule has 8 heteroatoms. The second kappa shape index (κ2) is 8.98. The Bertz CT molecular complexity index is 1500. The van der Waals surface area contributed by atoms with Gasteiger partial charge in [0, 0.05) is 39.3 Å². The summed E-state index contributed by atoms with van der Waals surface area (Å²) >= 11 is 13.5. The van der Waals surface area contributed by atoms with Gasteiger partial charge in [-0.05, 0) is 53.7 Å². The van der Waals surface area contributed by atoms with Gasteiger partial charge >= 0.3 is 5.97 Å². The number of fused-ring (bicyclic) bond motifs is 2. The Kier molecular flexibility index (Phi) is 5.89. The van der Waals surface area contributed by atoms with Gasteiger partial charge in [0.2, 0.25) is 0 Å². The van der Waals surface area contributed by atoms with Crippen molar-refractivity contribution in [1.29, 1.82) is 0 Å². The van der Waals surface area contributed by atoms with E-state index in [0.717, 1.165) is 44.8 Å². The van der Waals surface area contributed by atoms with Crippen LogP contribution in [0.15, 0.2) is 83.0 Å². The van der Waals surface area contributed by atoms with Crippen molar-refractivity contribution in [3.8, 4) is 0 Å². The molecular formula is C25H17Cl2N3O2S. The van der Waals surface area contributed by atoms with E-state index < -0.39 is 5.97 Å². The van der Waals surface area contributed by atoms with E-state index in [0.29, 0.717) is 21.7 Å². The number of halogens is 2. The molecule has 0 saturated heterocycles. The molecular weight excluding hydrogens is 477 g/mol. The van der Waals surface area contributed by atoms with Crippen LogP contribution in [0.1, 0.15) is 11.1 Å². The molecule has 2 aromatic heterocycles. The third-order valence-electron chi connectivity index (χ3n) is 5.25. The van der Waals surface area contributed by atoms with E-state index in [-0.39, 0.29) is 4.91 Å². The number of aliphatic carboxylic acids is 1. The van der Waals surface area contributed by atoms with E-state index in [4.69, 9.17) is 23.2 Å². The van der Waals surface area contributed by atoms with E-state index in [1.165, 1.54) is 0 Å². The normalized spacial score (nSPS) is 12.0. The first-order valence-electron chi connectivity index (χ1n) is 10.1. The van der Waals surface area contributed by atoms with Gasteiger partial charge in [0.1, 0.15) is 4.91 Å². The van der Waals surface area contributed by atoms with Gasteiger partial charge < -0.3 is 14.7 Å². The van der Waals surface area contributed by atoms with Crippen molar-refractivity contribution in [2.24, 2.45) is 0 Å². The minimum atomic E-state index is -1.02. The van der Waals surface area contributed by atoms with E-state index >= 15 is 0 Å². The van der Waals surface area contributed by atoms with Crippen molar-refractivity contribution in [2.45, 2.75) is 11.7 Å². The van der Waals surface area contributed by atoms with Crippen LogP contribution in [0, 0.1) is 0 Å². The number of hydrogen-bond acceptors (Lipinski definition) is 3. The molecule has 0 saturated carbocycles. The minimum Gasteiger partial charge on any atom is -0.477 e. The third-order valence-corrected chi connectivity index (χ3v) is 6.73. The van der Waals surface area contributed by atoms with E-state index in [1.54, 1.807) is 12.1 Å². The number of nitrogens with zero attached hydrogens (tertiary/aromatic N) is 2. The summed E-state index contributed by atoms with van der Waals surface area (Å²) in [5, 5.41) is 12.5. The summed E-state index contributed by atoms with van der Waals surface area (Å²) in [6.45, 7) is 0.531. The van der Waals surface area contributed by atoms with Crippen molar-refractivity contribution in [1.82, 2.24) is 14.5 Å². The molecule has 2 heterocycles. The van der Waals surface area contributed by atoms with Crippen LogP contribution in [0.5, 0.6) is 0 Å². The highest BCUT2D eigenvalue weighted by Gasteiger charge is 2.16. The summed E-state index contributed by atoms with van der Waals surface area (Å²) < 4.78 is 2.06. The number of benzene rings is 3. The van der Waals surface area contributed by atoms with Crippen LogP contribution in [0.4, 0.5) is 0 Å². The molecule has 0 aliphatic heterocycles. The second-order valence-electron chi connectivity index (χ2n) is 7.44. The topological polar surface area (TPSA) is 70.9 Å². The highest BCUT2D eigenvalue weighted by Crippen LogP contribution is 2.32. The van der Waals surface area contributed by atoms with Crippen molar-refractivity contribution >= 4 is 68.9 Å². The number of H-pyrrole nitrogens is 1. The van der Waals surface area contributed by atoms with Gasteiger partial charge in [0.05, 0.1) is 11.0 Å². The number of thioether (sulfide) groups is 1. The molecule has 2 N–H and O–H groups in total. The van der Waals surface area contributed by atoms with Crippen LogP contribution in [-0.2, 0) is 11.3 Å². The first-order valence-corrected chi connectivity index (χ1v) is 11.6. The number of carbonyl (C=O) groups is 1. The Hall–Kier alpha value is -3.19. The maximum Gasteiger partial charge on any atom is 0.342 e. The molecule has 0 aliphatic carbocycles. The van der Waals surface area contributed by atoms with Crippen molar-refractivity contribution in [3.05, 3.63) is 99.0 Å². The van der Waals surface area contributed by atoms with E-state index in [9.17, 15) is 9.90 Å². The van der Waals surface area contributed by atoms with Crippen LogP contribution in [0.2, 0.25) is 10.0 Å². The molecule has 0 unspecified atom stereocenters. The van der Waals surface area contributed by atoms with Gasteiger partial charge in [-0.2, -0.15) is 0 Å². The molecule has 164 valence electrons. The first-order chi connectivity index (χ1) is 16.0. The minimum absolute atomic E-state index is 0.168. The molecule has 0 fully saturated rings. The number of carboxylic acid groups (broad SMARTS) is 1. The lowest BCUT2D eigenvalue weighted by atomic mass is 10.1. The fraction of sp³-hybridized carbons (Fsp3) is 0.0400. The first kappa shape index (κ1) is 21.6. The Balaban J connectivity index is 1.54. The zero-order valence-electron chi connectivity index (χ0n) is 17.1. The molecule has 5 nitrogen and oxygen atoms in total. The molecule has 5 aromatic rings. The average Bonchev–Trinajstić information content (AvgIpc) is 3.36. The summed E-state index contributed by atoms with van der Waals surface area (Å²) in [6, 6.07) is 20.9. The van der Waals surface area contributed by atoms with Crippen LogP contribution in [-0.4, -0.2) is 25.6 Å². The van der Waals surface area contributed by atoms with Gasteiger partial charge in [-0.25, -0.2) is 9.78 Å². The van der Waals surface area contributed by atoms with Crippen molar-refractivity contribution in [3.63, 3.8) is 0 Å². The summed E-state index contributed by atoms with van der Waals surface area (Å²) in [5.41, 5.74) is 4.36. The molecule has 0 spiro atoms. The summed E-state index contributed by atoms with van der Waals surface area (Å²) in [5.74, 6) is -1.02. The van der Waals surface area contributed by atoms with Crippen molar-refractivity contribution < 1.29 is 9.90 Å². The molecule has 5 rings (SSSR count). The number of imidazole rings is 1. The second-order valence-corrected chi connectivity index (χ2v) is 9.31. The number of aromatic amines is 1. The lowest BCUT2D eigenvalue weighted by molar-refractivity contribution is -0.131. The molecule has 3 aromatic carbocycles. The zero-order chi connectivity index (χ0) is 22.9. The number of para-hydroxylation sites is 3. The zero-order valence-corrected chi connectivity index (χ0v) is 19.5. The van der Waals surface area contributed by atoms with Gasteiger partial charge in [-0.15, -0.1) is 0 Å². The molecule has 33 heavy (non-hydrogen) atoms. The summed E-state index contributed by atoms with van der Waals surface area (Å²) in [6.07, 6.45) is 3.63. The number of rotatable bonds is 6. The van der Waals surface area contributed by atoms with Gasteiger partial charge in [-0.3, -0.25) is 0 Å². The largest absolute Gasteiger partial charge is 0.477 e. The van der Waals surface area contributed by atoms with Crippen LogP contribution in [0.25, 0.3) is 28.0 Å². The number of hydrogen-bond donors (Lipinski definition) is 2. The van der Waals surface area contributed by atoms with Gasteiger partial charge in [-0.1, -0.05) is 59.6 Å². The quantitative estimate of drug-likeness (QED) is 0.195. The standard InChI is InChI=1S/C25H17Cl2N3O2S/c26-17-10-9-15(19(27)12-17)13-30-14-16(18-5-1-4-8-22(18)30)11-23(24(31)32)33-25-28-20-6-2-3-7-21(20)29-25/h1-12,14H,13H2,(H,28,29)(H,31,32)/b23-11-. The van der Waals surface area contributed by atoms with Crippen LogP contribution in [0.3, 0.4) is 0 Å². The highest BCUT2D eigenvalue weighted by molar-refractivity contribution is 8.04. The Labute approximate surface area is 203 Å². The fourth-order valence-corrected chi connectivity index (χ4v) is 4.97. The highest BCUT2D eigenvalue weighted by atomic mass is 35.5. The predicted octanol–water partition coefficient (Wildman–Crippen LogP) is 7.09. The maximum absolute atomic E-state index is 12.1. The Morgan fingerprint density at radius 2 is 1.88 bits per heavy atom. The lowest BCUT2D eigenvalue weighted by Gasteiger charge is -2.08. The molecule has 0 aliphatic rings. The van der Waals surface area contributed by atoms with E-state index in [1.807, 2.05) is 66.9 Å². The SMILES string of the molecule is O=C(O)/C(=C/c1cn(Cc2ccc(Cl)cc2Cl)c2ccccc12)Sc1nc2ccccc2[nH]1. The molecule has 0 atom stereocenters. The summed E-state index contributed by atoms with van der Waals surface area (Å²) in [4.78, 5) is 19.9. The number of aromatic nitrogens is 3. The van der Waals surface area contributed by atoms with E-state index in [2.05, 4.69) is 14.5 Å². The number of carboxylic acids is 1.